The van der Waals surface area contributed by atoms with Crippen molar-refractivity contribution in [3.8, 4) is 0 Å². The third-order valence-electron chi connectivity index (χ3n) is 2.81. The molecule has 1 heterocycles. The number of primary amides is 1. The number of amides is 3. The maximum Gasteiger partial charge on any atom is 0.267 e. The minimum atomic E-state index is -0.699. The molecule has 0 radical (unpaired) electrons. The number of anilines is 2. The van der Waals surface area contributed by atoms with E-state index < -0.39 is 23.5 Å². The number of nitrogens with two attached hydrogens (primary N) is 1. The van der Waals surface area contributed by atoms with Gasteiger partial charge in [0.05, 0.1) is 11.3 Å². The zero-order chi connectivity index (χ0) is 17.0. The zero-order valence-corrected chi connectivity index (χ0v) is 12.1. The standard InChI is InChI=1S/C15H13FN4O3/c1-8(21)19-13-6-10(3-4-11(13)16)20-15(23)9-2-5-12(14(17)22)18-7-9/h2-7H,1H3,(H2,17,22)(H,19,21)(H,20,23). The molecule has 118 valence electrons. The summed E-state index contributed by atoms with van der Waals surface area (Å²) >= 11 is 0. The minimum absolute atomic E-state index is 0.0382. The summed E-state index contributed by atoms with van der Waals surface area (Å²) < 4.78 is 13.5. The van der Waals surface area contributed by atoms with E-state index in [0.717, 1.165) is 6.07 Å². The Morgan fingerprint density at radius 2 is 1.87 bits per heavy atom. The third kappa shape index (κ3) is 4.10. The largest absolute Gasteiger partial charge is 0.364 e. The first-order chi connectivity index (χ1) is 10.9. The molecule has 0 spiro atoms. The highest BCUT2D eigenvalue weighted by Crippen LogP contribution is 2.20. The molecule has 0 aliphatic rings. The molecule has 0 aliphatic heterocycles. The molecule has 0 atom stereocenters. The molecule has 0 fully saturated rings. The van der Waals surface area contributed by atoms with Gasteiger partial charge in [0.2, 0.25) is 5.91 Å². The van der Waals surface area contributed by atoms with Gasteiger partial charge >= 0.3 is 0 Å². The SMILES string of the molecule is CC(=O)Nc1cc(NC(=O)c2ccc(C(N)=O)nc2)ccc1F. The van der Waals surface area contributed by atoms with Gasteiger partial charge in [-0.25, -0.2) is 4.39 Å². The molecule has 0 bridgehead atoms. The number of carbonyl (C=O) groups excluding carboxylic acids is 3. The van der Waals surface area contributed by atoms with E-state index >= 15 is 0 Å². The van der Waals surface area contributed by atoms with E-state index in [1.54, 1.807) is 0 Å². The van der Waals surface area contributed by atoms with Crippen molar-refractivity contribution >= 4 is 29.1 Å². The number of hydrogen-bond donors (Lipinski definition) is 3. The van der Waals surface area contributed by atoms with Gasteiger partial charge in [0, 0.05) is 18.8 Å². The molecule has 8 heteroatoms. The number of halogens is 1. The summed E-state index contributed by atoms with van der Waals surface area (Å²) in [5.41, 5.74) is 5.54. The molecule has 2 rings (SSSR count). The van der Waals surface area contributed by atoms with Crippen molar-refractivity contribution in [3.05, 3.63) is 53.6 Å². The van der Waals surface area contributed by atoms with Crippen LogP contribution in [0, 0.1) is 5.82 Å². The molecule has 2 aromatic rings. The Morgan fingerprint density at radius 1 is 1.13 bits per heavy atom. The monoisotopic (exact) mass is 316 g/mol. The van der Waals surface area contributed by atoms with Gasteiger partial charge in [-0.2, -0.15) is 0 Å². The number of carbonyl (C=O) groups is 3. The lowest BCUT2D eigenvalue weighted by molar-refractivity contribution is -0.114. The van der Waals surface area contributed by atoms with Gasteiger partial charge < -0.3 is 16.4 Å². The summed E-state index contributed by atoms with van der Waals surface area (Å²) in [6.45, 7) is 1.25. The fourth-order valence-electron chi connectivity index (χ4n) is 1.77. The van der Waals surface area contributed by atoms with Gasteiger partial charge in [0.1, 0.15) is 11.5 Å². The third-order valence-corrected chi connectivity index (χ3v) is 2.81. The van der Waals surface area contributed by atoms with Crippen molar-refractivity contribution < 1.29 is 18.8 Å². The van der Waals surface area contributed by atoms with Crippen molar-refractivity contribution in [2.45, 2.75) is 6.92 Å². The summed E-state index contributed by atoms with van der Waals surface area (Å²) in [5.74, 6) is -2.26. The second-order valence-electron chi connectivity index (χ2n) is 4.63. The number of hydrogen-bond acceptors (Lipinski definition) is 4. The Bertz CT molecular complexity index is 775. The summed E-state index contributed by atoms with van der Waals surface area (Å²) in [4.78, 5) is 37.7. The van der Waals surface area contributed by atoms with Crippen LogP contribution in [0.2, 0.25) is 0 Å². The average molecular weight is 316 g/mol. The first kappa shape index (κ1) is 16.1. The molecule has 1 aromatic carbocycles. The van der Waals surface area contributed by atoms with Crippen molar-refractivity contribution in [2.24, 2.45) is 5.73 Å². The summed E-state index contributed by atoms with van der Waals surface area (Å²) in [7, 11) is 0. The maximum absolute atomic E-state index is 13.5. The summed E-state index contributed by atoms with van der Waals surface area (Å²) in [6.07, 6.45) is 1.20. The van der Waals surface area contributed by atoms with Gasteiger partial charge in [-0.15, -0.1) is 0 Å². The summed E-state index contributed by atoms with van der Waals surface area (Å²) in [6, 6.07) is 6.48. The average Bonchev–Trinajstić information content (AvgIpc) is 2.50. The van der Waals surface area contributed by atoms with Crippen molar-refractivity contribution in [3.63, 3.8) is 0 Å². The van der Waals surface area contributed by atoms with Gasteiger partial charge in [0.25, 0.3) is 11.8 Å². The lowest BCUT2D eigenvalue weighted by atomic mass is 10.2. The van der Waals surface area contributed by atoms with E-state index in [9.17, 15) is 18.8 Å². The highest BCUT2D eigenvalue weighted by molar-refractivity contribution is 6.05. The summed E-state index contributed by atoms with van der Waals surface area (Å²) in [5, 5.41) is 4.85. The van der Waals surface area contributed by atoms with Gasteiger partial charge in [-0.3, -0.25) is 19.4 Å². The first-order valence-electron chi connectivity index (χ1n) is 6.51. The Morgan fingerprint density at radius 3 is 2.43 bits per heavy atom. The molecule has 4 N–H and O–H groups in total. The van der Waals surface area contributed by atoms with Crippen LogP contribution in [-0.4, -0.2) is 22.7 Å². The number of nitrogens with zero attached hydrogens (tertiary/aromatic N) is 1. The second-order valence-corrected chi connectivity index (χ2v) is 4.63. The number of pyridine rings is 1. The van der Waals surface area contributed by atoms with E-state index in [0.29, 0.717) is 5.69 Å². The Hall–Kier alpha value is -3.29. The molecule has 1 aromatic heterocycles. The Labute approximate surface area is 130 Å². The Kier molecular flexibility index (Phi) is 4.65. The molecule has 23 heavy (non-hydrogen) atoms. The molecule has 0 saturated heterocycles. The van der Waals surface area contributed by atoms with E-state index in [2.05, 4.69) is 15.6 Å². The molecule has 3 amide bonds. The second kappa shape index (κ2) is 6.65. The number of aromatic nitrogens is 1. The van der Waals surface area contributed by atoms with Crippen LogP contribution in [0.15, 0.2) is 36.5 Å². The van der Waals surface area contributed by atoms with E-state index in [-0.39, 0.29) is 16.9 Å². The lowest BCUT2D eigenvalue weighted by Crippen LogP contribution is -2.16. The predicted octanol–water partition coefficient (Wildman–Crippen LogP) is 1.53. The highest BCUT2D eigenvalue weighted by Gasteiger charge is 2.11. The van der Waals surface area contributed by atoms with Gasteiger partial charge in [-0.05, 0) is 30.3 Å². The topological polar surface area (TPSA) is 114 Å². The van der Waals surface area contributed by atoms with E-state index in [1.165, 1.54) is 37.4 Å². The van der Waals surface area contributed by atoms with Crippen molar-refractivity contribution in [2.75, 3.05) is 10.6 Å². The van der Waals surface area contributed by atoms with Crippen LogP contribution in [0.1, 0.15) is 27.8 Å². The van der Waals surface area contributed by atoms with Crippen LogP contribution in [0.4, 0.5) is 15.8 Å². The van der Waals surface area contributed by atoms with Crippen LogP contribution in [0.5, 0.6) is 0 Å². The number of rotatable bonds is 4. The molecule has 0 saturated carbocycles. The maximum atomic E-state index is 13.5. The van der Waals surface area contributed by atoms with Crippen molar-refractivity contribution in [1.29, 1.82) is 0 Å². The number of benzene rings is 1. The molecular weight excluding hydrogens is 303 g/mol. The lowest BCUT2D eigenvalue weighted by Gasteiger charge is -2.09. The smallest absolute Gasteiger partial charge is 0.267 e. The molecule has 0 unspecified atom stereocenters. The minimum Gasteiger partial charge on any atom is -0.364 e. The highest BCUT2D eigenvalue weighted by atomic mass is 19.1. The van der Waals surface area contributed by atoms with Crippen LogP contribution in [0.25, 0.3) is 0 Å². The van der Waals surface area contributed by atoms with Crippen molar-refractivity contribution in [1.82, 2.24) is 4.98 Å². The molecular formula is C15H13FN4O3. The zero-order valence-electron chi connectivity index (χ0n) is 12.1. The van der Waals surface area contributed by atoms with Gasteiger partial charge in [-0.1, -0.05) is 0 Å². The predicted molar refractivity (Wildman–Crippen MR) is 81.4 cm³/mol. The normalized spacial score (nSPS) is 10.0. The Balaban J connectivity index is 2.16. The van der Waals surface area contributed by atoms with Crippen LogP contribution in [0.3, 0.4) is 0 Å². The van der Waals surface area contributed by atoms with E-state index in [4.69, 9.17) is 5.73 Å². The molecule has 7 nitrogen and oxygen atoms in total. The van der Waals surface area contributed by atoms with Crippen LogP contribution < -0.4 is 16.4 Å². The fourth-order valence-corrected chi connectivity index (χ4v) is 1.77. The first-order valence-corrected chi connectivity index (χ1v) is 6.51. The van der Waals surface area contributed by atoms with E-state index in [1.807, 2.05) is 0 Å². The quantitative estimate of drug-likeness (QED) is 0.793. The molecule has 0 aliphatic carbocycles. The number of nitrogens with one attached hydrogen (secondary N) is 2. The fraction of sp³-hybridized carbons (Fsp3) is 0.0667. The van der Waals surface area contributed by atoms with Crippen LogP contribution >= 0.6 is 0 Å². The van der Waals surface area contributed by atoms with Gasteiger partial charge in [0.15, 0.2) is 0 Å². The van der Waals surface area contributed by atoms with Crippen LogP contribution in [-0.2, 0) is 4.79 Å².